The van der Waals surface area contributed by atoms with Crippen LogP contribution in [0.5, 0.6) is 0 Å². The molecule has 6 N–H and O–H groups in total. The van der Waals surface area contributed by atoms with Crippen LogP contribution in [0, 0.1) is 0 Å². The number of nitrogens with one attached hydrogen (secondary N) is 1. The van der Waals surface area contributed by atoms with Crippen LogP contribution in [0.4, 0.5) is 0 Å². The highest BCUT2D eigenvalue weighted by molar-refractivity contribution is 5.85. The maximum Gasteiger partial charge on any atom is 0.254 e. The molecule has 0 unspecified atom stereocenters. The molecule has 1 amide bonds. The molecule has 0 saturated heterocycles. The number of carbonyl (C=O) groups excluding carboxylic acids is 1. The van der Waals surface area contributed by atoms with Crippen LogP contribution in [0.3, 0.4) is 0 Å². The summed E-state index contributed by atoms with van der Waals surface area (Å²) in [7, 11) is 1.32. The van der Waals surface area contributed by atoms with Gasteiger partial charge in [0.1, 0.15) is 18.3 Å². The molecule has 0 aliphatic carbocycles. The van der Waals surface area contributed by atoms with E-state index >= 15 is 0 Å². The third-order valence-corrected chi connectivity index (χ3v) is 4.18. The van der Waals surface area contributed by atoms with Crippen LogP contribution < -0.4 is 5.32 Å². The predicted molar refractivity (Wildman–Crippen MR) is 86.7 cm³/mol. The van der Waals surface area contributed by atoms with Crippen LogP contribution >= 0.6 is 0 Å². The van der Waals surface area contributed by atoms with Gasteiger partial charge in [0.2, 0.25) is 0 Å². The Morgan fingerprint density at radius 3 is 2.04 bits per heavy atom. The summed E-state index contributed by atoms with van der Waals surface area (Å²) in [6.07, 6.45) is 1.51. The second-order valence-corrected chi connectivity index (χ2v) is 6.06. The maximum absolute atomic E-state index is 11.9. The number of aliphatic hydroxyl groups excluding tert-OH is 4. The molecule has 0 aliphatic heterocycles. The molecule has 7 heteroatoms. The lowest BCUT2D eigenvalue weighted by molar-refractivity contribution is -0.178. The van der Waals surface area contributed by atoms with Crippen molar-refractivity contribution >= 4 is 5.91 Å². The van der Waals surface area contributed by atoms with Gasteiger partial charge in [-0.2, -0.15) is 0 Å². The Morgan fingerprint density at radius 2 is 1.57 bits per heavy atom. The molecule has 0 saturated carbocycles. The summed E-state index contributed by atoms with van der Waals surface area (Å²) in [5.74, 6) is -0.819. The van der Waals surface area contributed by atoms with Crippen molar-refractivity contribution in [2.75, 3.05) is 13.7 Å². The molecule has 0 aliphatic rings. The summed E-state index contributed by atoms with van der Waals surface area (Å²) >= 11 is 0. The van der Waals surface area contributed by atoms with Crippen molar-refractivity contribution in [2.45, 2.75) is 82.2 Å². The van der Waals surface area contributed by atoms with Gasteiger partial charge >= 0.3 is 0 Å². The highest BCUT2D eigenvalue weighted by Crippen LogP contribution is 2.24. The highest BCUT2D eigenvalue weighted by atomic mass is 16.4. The zero-order valence-electron chi connectivity index (χ0n) is 14.2. The molecule has 0 spiro atoms. The first-order valence-corrected chi connectivity index (χ1v) is 8.44. The van der Waals surface area contributed by atoms with E-state index in [1.807, 2.05) is 0 Å². The second kappa shape index (κ2) is 11.8. The molecule has 138 valence electrons. The molecular weight excluding hydrogens is 302 g/mol. The lowest BCUT2D eigenvalue weighted by Crippen LogP contribution is -2.60. The van der Waals surface area contributed by atoms with Crippen LogP contribution in [0.1, 0.15) is 58.3 Å². The van der Waals surface area contributed by atoms with Crippen molar-refractivity contribution < 1.29 is 30.3 Å². The third kappa shape index (κ3) is 7.14. The van der Waals surface area contributed by atoms with Crippen molar-refractivity contribution in [3.8, 4) is 0 Å². The van der Waals surface area contributed by atoms with E-state index in [-0.39, 0.29) is 6.42 Å². The first kappa shape index (κ1) is 22.3. The summed E-state index contributed by atoms with van der Waals surface area (Å²) in [5, 5.41) is 50.8. The highest BCUT2D eigenvalue weighted by Gasteiger charge is 2.47. The fourth-order valence-corrected chi connectivity index (χ4v) is 2.56. The Morgan fingerprint density at radius 1 is 1.04 bits per heavy atom. The van der Waals surface area contributed by atoms with Gasteiger partial charge in [-0.05, 0) is 12.8 Å². The van der Waals surface area contributed by atoms with Gasteiger partial charge in [0.25, 0.3) is 5.91 Å². The summed E-state index contributed by atoms with van der Waals surface area (Å²) in [5.41, 5.74) is -2.20. The molecule has 23 heavy (non-hydrogen) atoms. The number of unbranched alkanes of at least 4 members (excludes halogenated alkanes) is 6. The van der Waals surface area contributed by atoms with Crippen LogP contribution in [-0.4, -0.2) is 69.0 Å². The SMILES string of the molecule is CCCCCCCCC[C@](O)(C(=O)NC)[C@@H](O)[C@H](O)[C@H](O)CO. The van der Waals surface area contributed by atoms with Gasteiger partial charge in [-0.3, -0.25) is 4.79 Å². The first-order chi connectivity index (χ1) is 10.8. The number of aliphatic hydroxyl groups is 5. The van der Waals surface area contributed by atoms with Gasteiger partial charge < -0.3 is 30.8 Å². The van der Waals surface area contributed by atoms with E-state index in [1.54, 1.807) is 0 Å². The van der Waals surface area contributed by atoms with Crippen molar-refractivity contribution in [3.05, 3.63) is 0 Å². The molecule has 0 rings (SSSR count). The smallest absolute Gasteiger partial charge is 0.254 e. The van der Waals surface area contributed by atoms with E-state index in [9.17, 15) is 25.2 Å². The molecule has 4 atom stereocenters. The number of carbonyl (C=O) groups is 1. The van der Waals surface area contributed by atoms with Gasteiger partial charge in [-0.15, -0.1) is 0 Å². The molecule has 0 aromatic heterocycles. The minimum atomic E-state index is -2.20. The van der Waals surface area contributed by atoms with Crippen LogP contribution in [0.25, 0.3) is 0 Å². The number of hydrogen-bond acceptors (Lipinski definition) is 6. The molecule has 0 bridgehead atoms. The lowest BCUT2D eigenvalue weighted by atomic mass is 9.84. The Bertz CT molecular complexity index is 328. The fourth-order valence-electron chi connectivity index (χ4n) is 2.56. The Hall–Kier alpha value is -0.730. The zero-order chi connectivity index (χ0) is 17.9. The summed E-state index contributed by atoms with van der Waals surface area (Å²) in [6.45, 7) is 1.36. The molecule has 7 nitrogen and oxygen atoms in total. The second-order valence-electron chi connectivity index (χ2n) is 6.06. The maximum atomic E-state index is 11.9. The van der Waals surface area contributed by atoms with Gasteiger partial charge in [0.05, 0.1) is 6.61 Å². The molecule has 0 heterocycles. The van der Waals surface area contributed by atoms with E-state index in [0.29, 0.717) is 6.42 Å². The van der Waals surface area contributed by atoms with Gasteiger partial charge in [-0.25, -0.2) is 0 Å². The zero-order valence-corrected chi connectivity index (χ0v) is 14.2. The third-order valence-electron chi connectivity index (χ3n) is 4.18. The van der Waals surface area contributed by atoms with Crippen LogP contribution in [0.15, 0.2) is 0 Å². The van der Waals surface area contributed by atoms with Crippen molar-refractivity contribution in [3.63, 3.8) is 0 Å². The van der Waals surface area contributed by atoms with Crippen molar-refractivity contribution in [2.24, 2.45) is 0 Å². The van der Waals surface area contributed by atoms with E-state index in [2.05, 4.69) is 12.2 Å². The van der Waals surface area contributed by atoms with E-state index in [0.717, 1.165) is 32.1 Å². The average Bonchev–Trinajstić information content (AvgIpc) is 2.57. The summed E-state index contributed by atoms with van der Waals surface area (Å²) < 4.78 is 0. The Balaban J connectivity index is 4.57. The largest absolute Gasteiger partial charge is 0.394 e. The molecule has 0 aromatic carbocycles. The standard InChI is InChI=1S/C16H33NO6/c1-3-4-5-6-7-8-9-10-16(23,15(22)17-2)14(21)13(20)12(19)11-18/h12-14,18-21,23H,3-11H2,1-2H3,(H,17,22)/t12-,13-,14+,16-/m1/s1. The van der Waals surface area contributed by atoms with Crippen LogP contribution in [-0.2, 0) is 4.79 Å². The van der Waals surface area contributed by atoms with Crippen molar-refractivity contribution in [1.29, 1.82) is 0 Å². The summed E-state index contributed by atoms with van der Waals surface area (Å²) in [6, 6.07) is 0. The number of likely N-dealkylation sites (N-methyl/N-ethyl adjacent to an activating group) is 1. The average molecular weight is 335 g/mol. The van der Waals surface area contributed by atoms with Crippen molar-refractivity contribution in [1.82, 2.24) is 5.32 Å². The van der Waals surface area contributed by atoms with Gasteiger partial charge in [0.15, 0.2) is 5.60 Å². The summed E-state index contributed by atoms with van der Waals surface area (Å²) in [4.78, 5) is 11.9. The Labute approximate surface area is 138 Å². The topological polar surface area (TPSA) is 130 Å². The normalized spacial score (nSPS) is 18.0. The fraction of sp³-hybridized carbons (Fsp3) is 0.938. The number of rotatable bonds is 13. The molecule has 0 fully saturated rings. The number of amides is 1. The van der Waals surface area contributed by atoms with Gasteiger partial charge in [0, 0.05) is 7.05 Å². The Kier molecular flexibility index (Phi) is 11.4. The molecular formula is C16H33NO6. The van der Waals surface area contributed by atoms with Crippen LogP contribution in [0.2, 0.25) is 0 Å². The minimum absolute atomic E-state index is 0.0309. The predicted octanol–water partition coefficient (Wildman–Crippen LogP) is -0.321. The van der Waals surface area contributed by atoms with E-state index in [4.69, 9.17) is 5.11 Å². The van der Waals surface area contributed by atoms with E-state index in [1.165, 1.54) is 13.5 Å². The molecule has 0 radical (unpaired) electrons. The van der Waals surface area contributed by atoms with E-state index < -0.39 is 36.4 Å². The monoisotopic (exact) mass is 335 g/mol. The lowest BCUT2D eigenvalue weighted by Gasteiger charge is -2.35. The quantitative estimate of drug-likeness (QED) is 0.256. The molecule has 0 aromatic rings. The minimum Gasteiger partial charge on any atom is -0.394 e. The van der Waals surface area contributed by atoms with Gasteiger partial charge in [-0.1, -0.05) is 45.4 Å². The number of hydrogen-bond donors (Lipinski definition) is 6. The first-order valence-electron chi connectivity index (χ1n) is 8.44.